The SMILES string of the molecule is CNCC(C)(C)N(C)c1ccc2nc(C)oc2c1. The zero-order valence-electron chi connectivity index (χ0n) is 11.7. The Balaban J connectivity index is 2.35. The second-order valence-electron chi connectivity index (χ2n) is 5.29. The molecule has 1 aromatic carbocycles. The Morgan fingerprint density at radius 3 is 2.78 bits per heavy atom. The van der Waals surface area contributed by atoms with Crippen LogP contribution in [0.25, 0.3) is 11.1 Å². The van der Waals surface area contributed by atoms with Gasteiger partial charge in [0.1, 0.15) is 5.52 Å². The van der Waals surface area contributed by atoms with E-state index in [1.807, 2.05) is 26.1 Å². The number of nitrogens with one attached hydrogen (secondary N) is 1. The van der Waals surface area contributed by atoms with Crippen molar-refractivity contribution in [3.63, 3.8) is 0 Å². The predicted molar refractivity (Wildman–Crippen MR) is 75.2 cm³/mol. The van der Waals surface area contributed by atoms with Gasteiger partial charge in [0.15, 0.2) is 11.5 Å². The van der Waals surface area contributed by atoms with E-state index in [9.17, 15) is 0 Å². The third kappa shape index (κ3) is 2.34. The molecule has 1 N–H and O–H groups in total. The molecule has 1 aromatic heterocycles. The quantitative estimate of drug-likeness (QED) is 0.901. The van der Waals surface area contributed by atoms with Gasteiger partial charge in [0.2, 0.25) is 0 Å². The number of likely N-dealkylation sites (N-methyl/N-ethyl adjacent to an activating group) is 2. The molecule has 4 heteroatoms. The molecule has 0 fully saturated rings. The number of aryl methyl sites for hydroxylation is 1. The first kappa shape index (κ1) is 12.9. The van der Waals surface area contributed by atoms with Crippen LogP contribution in [0.5, 0.6) is 0 Å². The summed E-state index contributed by atoms with van der Waals surface area (Å²) in [5.41, 5.74) is 2.93. The van der Waals surface area contributed by atoms with Gasteiger partial charge in [0, 0.05) is 37.8 Å². The van der Waals surface area contributed by atoms with Crippen molar-refractivity contribution < 1.29 is 4.42 Å². The first-order valence-electron chi connectivity index (χ1n) is 6.20. The van der Waals surface area contributed by atoms with E-state index in [0.29, 0.717) is 5.89 Å². The summed E-state index contributed by atoms with van der Waals surface area (Å²) in [4.78, 5) is 6.57. The molecule has 4 nitrogen and oxygen atoms in total. The summed E-state index contributed by atoms with van der Waals surface area (Å²) in [7, 11) is 4.07. The van der Waals surface area contributed by atoms with Crippen molar-refractivity contribution in [1.29, 1.82) is 0 Å². The van der Waals surface area contributed by atoms with E-state index in [4.69, 9.17) is 4.42 Å². The van der Waals surface area contributed by atoms with Gasteiger partial charge in [0.25, 0.3) is 0 Å². The average Bonchev–Trinajstić information content (AvgIpc) is 2.66. The summed E-state index contributed by atoms with van der Waals surface area (Å²) in [5, 5.41) is 3.22. The van der Waals surface area contributed by atoms with Gasteiger partial charge in [-0.1, -0.05) is 0 Å². The Kier molecular flexibility index (Phi) is 3.30. The molecule has 0 atom stereocenters. The summed E-state index contributed by atoms with van der Waals surface area (Å²) in [6, 6.07) is 6.14. The summed E-state index contributed by atoms with van der Waals surface area (Å²) in [5.74, 6) is 0.708. The standard InChI is InChI=1S/C14H21N3O/c1-10-16-12-7-6-11(8-13(12)18-10)17(5)14(2,3)9-15-4/h6-8,15H,9H2,1-5H3. The highest BCUT2D eigenvalue weighted by molar-refractivity contribution is 5.77. The third-order valence-corrected chi connectivity index (χ3v) is 3.38. The highest BCUT2D eigenvalue weighted by Gasteiger charge is 2.23. The maximum atomic E-state index is 5.58. The number of benzene rings is 1. The molecule has 0 bridgehead atoms. The minimum Gasteiger partial charge on any atom is -0.441 e. The smallest absolute Gasteiger partial charge is 0.192 e. The van der Waals surface area contributed by atoms with Crippen LogP contribution in [0.3, 0.4) is 0 Å². The molecular weight excluding hydrogens is 226 g/mol. The number of fused-ring (bicyclic) bond motifs is 1. The molecule has 0 amide bonds. The van der Waals surface area contributed by atoms with E-state index in [1.165, 1.54) is 0 Å². The number of nitrogens with zero attached hydrogens (tertiary/aromatic N) is 2. The van der Waals surface area contributed by atoms with Crippen molar-refractivity contribution in [2.75, 3.05) is 25.5 Å². The van der Waals surface area contributed by atoms with Gasteiger partial charge in [-0.3, -0.25) is 0 Å². The van der Waals surface area contributed by atoms with Crippen LogP contribution in [-0.4, -0.2) is 31.2 Å². The summed E-state index contributed by atoms with van der Waals surface area (Å²) in [6.07, 6.45) is 0. The van der Waals surface area contributed by atoms with Crippen molar-refractivity contribution in [2.45, 2.75) is 26.3 Å². The minimum absolute atomic E-state index is 0.0392. The fraction of sp³-hybridized carbons (Fsp3) is 0.500. The Morgan fingerprint density at radius 2 is 2.11 bits per heavy atom. The normalized spacial score (nSPS) is 12.1. The maximum absolute atomic E-state index is 5.58. The zero-order chi connectivity index (χ0) is 13.3. The van der Waals surface area contributed by atoms with Gasteiger partial charge < -0.3 is 14.6 Å². The van der Waals surface area contributed by atoms with Crippen LogP contribution in [-0.2, 0) is 0 Å². The molecule has 98 valence electrons. The number of oxazole rings is 1. The summed E-state index contributed by atoms with van der Waals surface area (Å²) in [6.45, 7) is 7.20. The molecule has 2 rings (SSSR count). The largest absolute Gasteiger partial charge is 0.441 e. The fourth-order valence-electron chi connectivity index (χ4n) is 2.14. The topological polar surface area (TPSA) is 41.3 Å². The van der Waals surface area contributed by atoms with Crippen molar-refractivity contribution in [1.82, 2.24) is 10.3 Å². The van der Waals surface area contributed by atoms with Gasteiger partial charge in [-0.05, 0) is 33.0 Å². The molecule has 0 unspecified atom stereocenters. The first-order chi connectivity index (χ1) is 8.44. The van der Waals surface area contributed by atoms with Crippen LogP contribution in [0.15, 0.2) is 22.6 Å². The number of aromatic nitrogens is 1. The Hall–Kier alpha value is -1.55. The monoisotopic (exact) mass is 247 g/mol. The predicted octanol–water partition coefficient (Wildman–Crippen LogP) is 2.57. The molecule has 18 heavy (non-hydrogen) atoms. The minimum atomic E-state index is 0.0392. The van der Waals surface area contributed by atoms with Gasteiger partial charge in [-0.25, -0.2) is 4.98 Å². The number of anilines is 1. The molecule has 0 aliphatic heterocycles. The molecule has 0 saturated heterocycles. The fourth-order valence-corrected chi connectivity index (χ4v) is 2.14. The second-order valence-corrected chi connectivity index (χ2v) is 5.29. The lowest BCUT2D eigenvalue weighted by atomic mass is 10.0. The third-order valence-electron chi connectivity index (χ3n) is 3.38. The maximum Gasteiger partial charge on any atom is 0.192 e. The average molecular weight is 247 g/mol. The van der Waals surface area contributed by atoms with Gasteiger partial charge >= 0.3 is 0 Å². The van der Waals surface area contributed by atoms with E-state index >= 15 is 0 Å². The first-order valence-corrected chi connectivity index (χ1v) is 6.20. The van der Waals surface area contributed by atoms with Gasteiger partial charge in [-0.2, -0.15) is 0 Å². The van der Waals surface area contributed by atoms with Crippen LogP contribution in [0, 0.1) is 6.92 Å². The van der Waals surface area contributed by atoms with E-state index < -0.39 is 0 Å². The number of rotatable bonds is 4. The Labute approximate surface area is 108 Å². The van der Waals surface area contributed by atoms with Crippen molar-refractivity contribution in [2.24, 2.45) is 0 Å². The Bertz CT molecular complexity index is 545. The summed E-state index contributed by atoms with van der Waals surface area (Å²) >= 11 is 0. The lowest BCUT2D eigenvalue weighted by Crippen LogP contribution is -2.48. The molecule has 0 spiro atoms. The van der Waals surface area contributed by atoms with Gasteiger partial charge in [0.05, 0.1) is 0 Å². The van der Waals surface area contributed by atoms with Crippen LogP contribution >= 0.6 is 0 Å². The van der Waals surface area contributed by atoms with Crippen molar-refractivity contribution in [3.8, 4) is 0 Å². The van der Waals surface area contributed by atoms with Crippen LogP contribution in [0.4, 0.5) is 5.69 Å². The molecule has 0 aliphatic rings. The molecule has 2 aromatic rings. The van der Waals surface area contributed by atoms with Crippen LogP contribution < -0.4 is 10.2 Å². The molecular formula is C14H21N3O. The molecule has 1 heterocycles. The highest BCUT2D eigenvalue weighted by atomic mass is 16.3. The number of hydrogen-bond donors (Lipinski definition) is 1. The van der Waals surface area contributed by atoms with Crippen LogP contribution in [0.2, 0.25) is 0 Å². The lowest BCUT2D eigenvalue weighted by molar-refractivity contribution is 0.463. The van der Waals surface area contributed by atoms with E-state index in [1.54, 1.807) is 0 Å². The van der Waals surface area contributed by atoms with E-state index in [0.717, 1.165) is 23.3 Å². The highest BCUT2D eigenvalue weighted by Crippen LogP contribution is 2.26. The second kappa shape index (κ2) is 4.61. The number of hydrogen-bond acceptors (Lipinski definition) is 4. The van der Waals surface area contributed by atoms with Gasteiger partial charge in [-0.15, -0.1) is 0 Å². The summed E-state index contributed by atoms with van der Waals surface area (Å²) < 4.78 is 5.58. The van der Waals surface area contributed by atoms with E-state index in [-0.39, 0.29) is 5.54 Å². The lowest BCUT2D eigenvalue weighted by Gasteiger charge is -2.37. The molecule has 0 aliphatic carbocycles. The van der Waals surface area contributed by atoms with Crippen LogP contribution in [0.1, 0.15) is 19.7 Å². The molecule has 0 saturated carbocycles. The van der Waals surface area contributed by atoms with Crippen molar-refractivity contribution >= 4 is 16.8 Å². The van der Waals surface area contributed by atoms with Crippen molar-refractivity contribution in [3.05, 3.63) is 24.1 Å². The van der Waals surface area contributed by atoms with E-state index in [2.05, 4.69) is 42.2 Å². The Morgan fingerprint density at radius 1 is 1.39 bits per heavy atom. The molecule has 0 radical (unpaired) electrons. The zero-order valence-corrected chi connectivity index (χ0v) is 11.7.